The van der Waals surface area contributed by atoms with E-state index in [4.69, 9.17) is 5.10 Å². The third-order valence-corrected chi connectivity index (χ3v) is 8.78. The fourth-order valence-electron chi connectivity index (χ4n) is 5.61. The highest BCUT2D eigenvalue weighted by atomic mass is 32.1. The van der Waals surface area contributed by atoms with Crippen molar-refractivity contribution in [1.29, 1.82) is 0 Å². The summed E-state index contributed by atoms with van der Waals surface area (Å²) in [4.78, 5) is 29.7. The molecular weight excluding hydrogens is 458 g/mol. The predicted molar refractivity (Wildman–Crippen MR) is 140 cm³/mol. The summed E-state index contributed by atoms with van der Waals surface area (Å²) < 4.78 is 2.08. The zero-order chi connectivity index (χ0) is 24.0. The molecular formula is C27H39N5O2S. The standard InChI is InChI=1S/C27H39N5O2S/c33-26(28-20-8-6-9-20)18-21(13-16-31-14-4-1-5-15-31)29-27(34)23-19-24(25-12-7-17-35-25)32(30-23)22-10-2-3-11-22/h7,12,17,19-22H,1-6,8-11,13-16,18H2,(H,28,33)(H,29,34). The minimum atomic E-state index is -0.189. The van der Waals surface area contributed by atoms with Gasteiger partial charge in [-0.25, -0.2) is 0 Å². The van der Waals surface area contributed by atoms with Gasteiger partial charge in [0.25, 0.3) is 5.91 Å². The van der Waals surface area contributed by atoms with Gasteiger partial charge in [-0.3, -0.25) is 14.3 Å². The number of rotatable bonds is 10. The molecule has 0 spiro atoms. The topological polar surface area (TPSA) is 79.3 Å². The summed E-state index contributed by atoms with van der Waals surface area (Å²) in [5.74, 6) is -0.117. The van der Waals surface area contributed by atoms with E-state index in [1.54, 1.807) is 11.3 Å². The highest BCUT2D eigenvalue weighted by Crippen LogP contribution is 2.35. The lowest BCUT2D eigenvalue weighted by atomic mass is 9.93. The first-order valence-electron chi connectivity index (χ1n) is 13.6. The van der Waals surface area contributed by atoms with Crippen LogP contribution < -0.4 is 10.6 Å². The SMILES string of the molecule is O=C(CC(CCN1CCCCC1)NC(=O)c1cc(-c2cccs2)n(C2CCCC2)n1)NC1CCC1. The van der Waals surface area contributed by atoms with Gasteiger partial charge in [-0.1, -0.05) is 25.3 Å². The summed E-state index contributed by atoms with van der Waals surface area (Å²) >= 11 is 1.68. The summed E-state index contributed by atoms with van der Waals surface area (Å²) in [5.41, 5.74) is 1.49. The quantitative estimate of drug-likeness (QED) is 0.496. The number of nitrogens with zero attached hydrogens (tertiary/aromatic N) is 3. The van der Waals surface area contributed by atoms with Gasteiger partial charge in [-0.15, -0.1) is 11.3 Å². The number of aromatic nitrogens is 2. The van der Waals surface area contributed by atoms with Gasteiger partial charge in [0.1, 0.15) is 0 Å². The molecule has 3 aliphatic rings. The molecule has 1 unspecified atom stereocenters. The van der Waals surface area contributed by atoms with Crippen LogP contribution in [0.15, 0.2) is 23.6 Å². The van der Waals surface area contributed by atoms with Crippen molar-refractivity contribution in [2.24, 2.45) is 0 Å². The molecule has 190 valence electrons. The van der Waals surface area contributed by atoms with Gasteiger partial charge < -0.3 is 15.5 Å². The van der Waals surface area contributed by atoms with E-state index in [-0.39, 0.29) is 17.9 Å². The van der Waals surface area contributed by atoms with Crippen LogP contribution in [0.4, 0.5) is 0 Å². The van der Waals surface area contributed by atoms with Crippen LogP contribution in [0.25, 0.3) is 10.6 Å². The van der Waals surface area contributed by atoms with Gasteiger partial charge in [0.05, 0.1) is 16.6 Å². The highest BCUT2D eigenvalue weighted by Gasteiger charge is 2.27. The van der Waals surface area contributed by atoms with Gasteiger partial charge in [0.2, 0.25) is 5.91 Å². The first-order valence-corrected chi connectivity index (χ1v) is 14.5. The van der Waals surface area contributed by atoms with E-state index in [1.165, 1.54) is 38.5 Å². The number of nitrogens with one attached hydrogen (secondary N) is 2. The lowest BCUT2D eigenvalue weighted by molar-refractivity contribution is -0.122. The van der Waals surface area contributed by atoms with Gasteiger partial charge in [0.15, 0.2) is 5.69 Å². The molecule has 2 N–H and O–H groups in total. The molecule has 3 heterocycles. The van der Waals surface area contributed by atoms with Crippen molar-refractivity contribution in [2.75, 3.05) is 19.6 Å². The average molecular weight is 498 g/mol. The van der Waals surface area contributed by atoms with Crippen molar-refractivity contribution < 1.29 is 9.59 Å². The molecule has 0 aromatic carbocycles. The van der Waals surface area contributed by atoms with Crippen LogP contribution in [0.5, 0.6) is 0 Å². The highest BCUT2D eigenvalue weighted by molar-refractivity contribution is 7.13. The Morgan fingerprint density at radius 3 is 2.54 bits per heavy atom. The summed E-state index contributed by atoms with van der Waals surface area (Å²) in [6, 6.07) is 6.57. The van der Waals surface area contributed by atoms with Crippen LogP contribution in [-0.4, -0.2) is 58.2 Å². The maximum atomic E-state index is 13.4. The van der Waals surface area contributed by atoms with Gasteiger partial charge in [-0.05, 0) is 82.0 Å². The molecule has 2 aromatic heterocycles. The molecule has 0 bridgehead atoms. The Hall–Kier alpha value is -2.19. The Morgan fingerprint density at radius 1 is 1.06 bits per heavy atom. The molecule has 0 radical (unpaired) electrons. The van der Waals surface area contributed by atoms with Gasteiger partial charge in [0, 0.05) is 25.0 Å². The Balaban J connectivity index is 1.28. The Morgan fingerprint density at radius 2 is 1.86 bits per heavy atom. The van der Waals surface area contributed by atoms with Crippen molar-refractivity contribution in [3.8, 4) is 10.6 Å². The molecule has 3 fully saturated rings. The third-order valence-electron chi connectivity index (χ3n) is 7.89. The molecule has 35 heavy (non-hydrogen) atoms. The minimum absolute atomic E-state index is 0.0504. The smallest absolute Gasteiger partial charge is 0.272 e. The second-order valence-electron chi connectivity index (χ2n) is 10.5. The van der Waals surface area contributed by atoms with E-state index >= 15 is 0 Å². The number of carbonyl (C=O) groups is 2. The molecule has 2 aliphatic carbocycles. The zero-order valence-corrected chi connectivity index (χ0v) is 21.5. The van der Waals surface area contributed by atoms with Crippen LogP contribution in [0.1, 0.15) is 93.6 Å². The molecule has 2 amide bonds. The number of likely N-dealkylation sites (tertiary alicyclic amines) is 1. The van der Waals surface area contributed by atoms with Crippen molar-refractivity contribution in [3.05, 3.63) is 29.3 Å². The summed E-state index contributed by atoms with van der Waals surface area (Å²) in [5, 5.41) is 13.2. The molecule has 2 aromatic rings. The van der Waals surface area contributed by atoms with Crippen molar-refractivity contribution >= 4 is 23.2 Å². The van der Waals surface area contributed by atoms with E-state index in [0.29, 0.717) is 24.2 Å². The van der Waals surface area contributed by atoms with Crippen LogP contribution in [-0.2, 0) is 4.79 Å². The molecule has 2 saturated carbocycles. The number of hydrogen-bond acceptors (Lipinski definition) is 5. The average Bonchev–Trinajstić information content (AvgIpc) is 3.61. The molecule has 1 saturated heterocycles. The number of hydrogen-bond donors (Lipinski definition) is 2. The van der Waals surface area contributed by atoms with E-state index < -0.39 is 0 Å². The number of thiophene rings is 1. The number of piperidine rings is 1. The summed E-state index contributed by atoms with van der Waals surface area (Å²) in [7, 11) is 0. The fraction of sp³-hybridized carbons (Fsp3) is 0.667. The van der Waals surface area contributed by atoms with E-state index in [0.717, 1.165) is 62.3 Å². The van der Waals surface area contributed by atoms with E-state index in [9.17, 15) is 9.59 Å². The molecule has 7 nitrogen and oxygen atoms in total. The van der Waals surface area contributed by atoms with Gasteiger partial charge in [-0.2, -0.15) is 5.10 Å². The lowest BCUT2D eigenvalue weighted by Crippen LogP contribution is -2.45. The fourth-order valence-corrected chi connectivity index (χ4v) is 6.34. The van der Waals surface area contributed by atoms with E-state index in [1.807, 2.05) is 12.1 Å². The van der Waals surface area contributed by atoms with Crippen LogP contribution in [0, 0.1) is 0 Å². The Kier molecular flexibility index (Phi) is 8.19. The Bertz CT molecular complexity index is 972. The predicted octanol–water partition coefficient (Wildman–Crippen LogP) is 4.76. The van der Waals surface area contributed by atoms with Crippen LogP contribution >= 0.6 is 11.3 Å². The third kappa shape index (κ3) is 6.33. The maximum absolute atomic E-state index is 13.4. The molecule has 5 rings (SSSR count). The van der Waals surface area contributed by atoms with E-state index in [2.05, 4.69) is 31.7 Å². The monoisotopic (exact) mass is 497 g/mol. The largest absolute Gasteiger partial charge is 0.353 e. The molecule has 8 heteroatoms. The first kappa shape index (κ1) is 24.5. The van der Waals surface area contributed by atoms with Crippen molar-refractivity contribution in [1.82, 2.24) is 25.3 Å². The van der Waals surface area contributed by atoms with Crippen LogP contribution in [0.3, 0.4) is 0 Å². The maximum Gasteiger partial charge on any atom is 0.272 e. The normalized spacial score (nSPS) is 20.5. The molecule has 1 aliphatic heterocycles. The minimum Gasteiger partial charge on any atom is -0.353 e. The van der Waals surface area contributed by atoms with Crippen LogP contribution in [0.2, 0.25) is 0 Å². The Labute approximate surface area is 212 Å². The van der Waals surface area contributed by atoms with Crippen molar-refractivity contribution in [2.45, 2.75) is 95.2 Å². The molecule has 1 atom stereocenters. The van der Waals surface area contributed by atoms with Crippen molar-refractivity contribution in [3.63, 3.8) is 0 Å². The number of carbonyl (C=O) groups excluding carboxylic acids is 2. The zero-order valence-electron chi connectivity index (χ0n) is 20.7. The first-order chi connectivity index (χ1) is 17.2. The lowest BCUT2D eigenvalue weighted by Gasteiger charge is -2.29. The summed E-state index contributed by atoms with van der Waals surface area (Å²) in [6.45, 7) is 3.15. The van der Waals surface area contributed by atoms with Gasteiger partial charge >= 0.3 is 0 Å². The number of amides is 2. The second kappa shape index (κ2) is 11.7. The second-order valence-corrected chi connectivity index (χ2v) is 11.5. The summed E-state index contributed by atoms with van der Waals surface area (Å²) in [6.07, 6.45) is 12.9.